The smallest absolute Gasteiger partial charge is 0.276 e. The van der Waals surface area contributed by atoms with Crippen molar-refractivity contribution in [2.45, 2.75) is 6.54 Å². The Morgan fingerprint density at radius 3 is 2.68 bits per heavy atom. The number of nitro benzene ring substituents is 1. The highest BCUT2D eigenvalue weighted by atomic mass is 16.6. The average molecular weight is 416 g/mol. The highest BCUT2D eigenvalue weighted by Gasteiger charge is 2.18. The number of aromatic nitrogens is 3. The molecule has 0 radical (unpaired) electrons. The van der Waals surface area contributed by atoms with E-state index in [1.165, 1.54) is 24.3 Å². The maximum Gasteiger partial charge on any atom is 0.276 e. The molecule has 0 saturated carbocycles. The predicted octanol–water partition coefficient (Wildman–Crippen LogP) is 3.05. The minimum absolute atomic E-state index is 0.0173. The van der Waals surface area contributed by atoms with Crippen molar-refractivity contribution in [3.8, 4) is 0 Å². The molecule has 0 saturated heterocycles. The van der Waals surface area contributed by atoms with Crippen LogP contribution in [0.25, 0.3) is 10.9 Å². The topological polar surface area (TPSA) is 143 Å². The van der Waals surface area contributed by atoms with Crippen molar-refractivity contribution in [3.63, 3.8) is 0 Å². The van der Waals surface area contributed by atoms with Gasteiger partial charge in [0.15, 0.2) is 5.69 Å². The third-order valence-electron chi connectivity index (χ3n) is 4.51. The van der Waals surface area contributed by atoms with Gasteiger partial charge in [0.25, 0.3) is 17.5 Å². The summed E-state index contributed by atoms with van der Waals surface area (Å²) in [5, 5.41) is 23.4. The van der Waals surface area contributed by atoms with Crippen LogP contribution in [0.5, 0.6) is 0 Å². The lowest BCUT2D eigenvalue weighted by Gasteiger charge is -2.08. The lowest BCUT2D eigenvalue weighted by atomic mass is 10.1. The molecule has 0 aliphatic rings. The third kappa shape index (κ3) is 4.37. The standard InChI is InChI=1S/C21H16N6O4/c28-20(23-12-15-5-1-2-9-22-15)13-4-3-6-14(10-13)24-21(29)19-17-11-16(27(30)31)7-8-18(17)25-26-19/h1-11H,12H2,(H,23,28)(H,24,29)(H,25,26). The quantitative estimate of drug-likeness (QED) is 0.326. The van der Waals surface area contributed by atoms with Crippen molar-refractivity contribution in [3.05, 3.63) is 93.9 Å². The second-order valence-electron chi connectivity index (χ2n) is 6.60. The summed E-state index contributed by atoms with van der Waals surface area (Å²) in [5.74, 6) is -0.875. The molecule has 2 aromatic carbocycles. The molecule has 0 unspecified atom stereocenters. The molecule has 0 atom stereocenters. The molecule has 0 bridgehead atoms. The number of carbonyl (C=O) groups excluding carboxylic acids is 2. The van der Waals surface area contributed by atoms with Gasteiger partial charge in [-0.05, 0) is 36.4 Å². The maximum atomic E-state index is 12.7. The second-order valence-corrected chi connectivity index (χ2v) is 6.60. The van der Waals surface area contributed by atoms with Gasteiger partial charge in [0, 0.05) is 35.0 Å². The van der Waals surface area contributed by atoms with Crippen LogP contribution in [-0.4, -0.2) is 31.9 Å². The number of anilines is 1. The predicted molar refractivity (Wildman–Crippen MR) is 113 cm³/mol. The molecule has 0 aliphatic carbocycles. The number of hydrogen-bond donors (Lipinski definition) is 3. The zero-order valence-electron chi connectivity index (χ0n) is 16.0. The van der Waals surface area contributed by atoms with Crippen LogP contribution in [0.15, 0.2) is 66.9 Å². The Hall–Kier alpha value is -4.60. The fraction of sp³-hybridized carbons (Fsp3) is 0.0476. The molecule has 31 heavy (non-hydrogen) atoms. The summed E-state index contributed by atoms with van der Waals surface area (Å²) in [6, 6.07) is 15.9. The SMILES string of the molecule is O=C(NCc1ccccn1)c1cccc(NC(=O)c2n[nH]c3ccc([N+](=O)[O-])cc23)c1. The Labute approximate surface area is 175 Å². The first-order chi connectivity index (χ1) is 15.0. The minimum atomic E-state index is -0.558. The van der Waals surface area contributed by atoms with Gasteiger partial charge in [0.1, 0.15) is 0 Å². The van der Waals surface area contributed by atoms with Gasteiger partial charge in [0.05, 0.1) is 22.7 Å². The molecule has 3 N–H and O–H groups in total. The van der Waals surface area contributed by atoms with Gasteiger partial charge in [-0.3, -0.25) is 29.8 Å². The monoisotopic (exact) mass is 416 g/mol. The van der Waals surface area contributed by atoms with Crippen molar-refractivity contribution in [1.82, 2.24) is 20.5 Å². The molecule has 10 heteroatoms. The molecule has 0 fully saturated rings. The third-order valence-corrected chi connectivity index (χ3v) is 4.51. The van der Waals surface area contributed by atoms with Gasteiger partial charge in [-0.15, -0.1) is 0 Å². The highest BCUT2D eigenvalue weighted by molar-refractivity contribution is 6.11. The van der Waals surface area contributed by atoms with Crippen molar-refractivity contribution < 1.29 is 14.5 Å². The van der Waals surface area contributed by atoms with E-state index in [0.29, 0.717) is 22.2 Å². The van der Waals surface area contributed by atoms with Crippen LogP contribution in [0.4, 0.5) is 11.4 Å². The molecule has 2 heterocycles. The molecular formula is C21H16N6O4. The van der Waals surface area contributed by atoms with Crippen LogP contribution >= 0.6 is 0 Å². The van der Waals surface area contributed by atoms with Crippen molar-refractivity contribution in [2.24, 2.45) is 0 Å². The van der Waals surface area contributed by atoms with E-state index in [-0.39, 0.29) is 23.8 Å². The Morgan fingerprint density at radius 2 is 1.90 bits per heavy atom. The molecule has 154 valence electrons. The van der Waals surface area contributed by atoms with Crippen LogP contribution < -0.4 is 10.6 Å². The van der Waals surface area contributed by atoms with Gasteiger partial charge in [-0.2, -0.15) is 5.10 Å². The first kappa shape index (κ1) is 19.7. The normalized spacial score (nSPS) is 10.6. The zero-order valence-corrected chi connectivity index (χ0v) is 16.0. The number of hydrogen-bond acceptors (Lipinski definition) is 6. The minimum Gasteiger partial charge on any atom is -0.346 e. The number of non-ortho nitro benzene ring substituents is 1. The summed E-state index contributed by atoms with van der Waals surface area (Å²) < 4.78 is 0. The van der Waals surface area contributed by atoms with Crippen molar-refractivity contribution >= 4 is 34.1 Å². The molecule has 2 aromatic heterocycles. The number of amides is 2. The fourth-order valence-corrected chi connectivity index (χ4v) is 2.99. The molecular weight excluding hydrogens is 400 g/mol. The summed E-state index contributed by atoms with van der Waals surface area (Å²) >= 11 is 0. The largest absolute Gasteiger partial charge is 0.346 e. The fourth-order valence-electron chi connectivity index (χ4n) is 2.99. The number of nitrogens with one attached hydrogen (secondary N) is 3. The Kier molecular flexibility index (Phi) is 5.35. The van der Waals surface area contributed by atoms with E-state index < -0.39 is 10.8 Å². The lowest BCUT2D eigenvalue weighted by molar-refractivity contribution is -0.384. The number of carbonyl (C=O) groups is 2. The van der Waals surface area contributed by atoms with E-state index in [1.807, 2.05) is 6.07 Å². The molecule has 4 aromatic rings. The van der Waals surface area contributed by atoms with E-state index in [9.17, 15) is 19.7 Å². The Morgan fingerprint density at radius 1 is 1.03 bits per heavy atom. The van der Waals surface area contributed by atoms with Crippen LogP contribution in [0.1, 0.15) is 26.5 Å². The number of H-pyrrole nitrogens is 1. The zero-order chi connectivity index (χ0) is 21.8. The van der Waals surface area contributed by atoms with Gasteiger partial charge < -0.3 is 10.6 Å². The summed E-state index contributed by atoms with van der Waals surface area (Å²) in [5.41, 5.74) is 1.84. The number of pyridine rings is 1. The van der Waals surface area contributed by atoms with Crippen LogP contribution in [0, 0.1) is 10.1 Å². The molecule has 10 nitrogen and oxygen atoms in total. The Bertz CT molecular complexity index is 1290. The summed E-state index contributed by atoms with van der Waals surface area (Å²) in [6.07, 6.45) is 1.64. The first-order valence-corrected chi connectivity index (χ1v) is 9.23. The molecule has 0 aliphatic heterocycles. The van der Waals surface area contributed by atoms with E-state index >= 15 is 0 Å². The van der Waals surface area contributed by atoms with Crippen LogP contribution in [-0.2, 0) is 6.54 Å². The number of nitro groups is 1. The summed E-state index contributed by atoms with van der Waals surface area (Å²) in [7, 11) is 0. The molecule has 2 amide bonds. The number of rotatable bonds is 6. The van der Waals surface area contributed by atoms with Gasteiger partial charge >= 0.3 is 0 Å². The van der Waals surface area contributed by atoms with Gasteiger partial charge in [-0.1, -0.05) is 12.1 Å². The summed E-state index contributed by atoms with van der Waals surface area (Å²) in [4.78, 5) is 39.7. The van der Waals surface area contributed by atoms with Crippen molar-refractivity contribution in [2.75, 3.05) is 5.32 Å². The number of aromatic amines is 1. The maximum absolute atomic E-state index is 12.7. The number of nitrogens with zero attached hydrogens (tertiary/aromatic N) is 3. The molecule has 0 spiro atoms. The summed E-state index contributed by atoms with van der Waals surface area (Å²) in [6.45, 7) is 0.272. The van der Waals surface area contributed by atoms with Gasteiger partial charge in [-0.25, -0.2) is 0 Å². The van der Waals surface area contributed by atoms with E-state index in [4.69, 9.17) is 0 Å². The van der Waals surface area contributed by atoms with E-state index in [1.54, 1.807) is 36.5 Å². The van der Waals surface area contributed by atoms with Crippen LogP contribution in [0.2, 0.25) is 0 Å². The first-order valence-electron chi connectivity index (χ1n) is 9.23. The second kappa shape index (κ2) is 8.41. The highest BCUT2D eigenvalue weighted by Crippen LogP contribution is 2.23. The lowest BCUT2D eigenvalue weighted by Crippen LogP contribution is -2.23. The Balaban J connectivity index is 1.49. The number of fused-ring (bicyclic) bond motifs is 1. The average Bonchev–Trinajstić information content (AvgIpc) is 3.22. The van der Waals surface area contributed by atoms with Crippen LogP contribution in [0.3, 0.4) is 0 Å². The van der Waals surface area contributed by atoms with Crippen molar-refractivity contribution in [1.29, 1.82) is 0 Å². The van der Waals surface area contributed by atoms with E-state index in [2.05, 4.69) is 25.8 Å². The number of benzene rings is 2. The van der Waals surface area contributed by atoms with E-state index in [0.717, 1.165) is 5.69 Å². The van der Waals surface area contributed by atoms with Gasteiger partial charge in [0.2, 0.25) is 0 Å². The molecule has 4 rings (SSSR count).